The minimum atomic E-state index is -2.89. The van der Waals surface area contributed by atoms with E-state index >= 15 is 4.39 Å². The molecule has 1 aromatic carbocycles. The van der Waals surface area contributed by atoms with Crippen LogP contribution in [0.4, 0.5) is 10.1 Å². The molecule has 14 nitrogen and oxygen atoms in total. The SMILES string of the molecule is CC(=O)NCCN[C@@H]1C(O)=C(C(N)=O)C(=O)[C@@]2(O)C(O)=C3C(=O)c4c(O)c(NC(=O)CN5CCCC5)cc(F)c4C[C@H]3C[C@@H]12. The summed E-state index contributed by atoms with van der Waals surface area (Å²) in [7, 11) is 0. The number of benzene rings is 1. The van der Waals surface area contributed by atoms with Crippen LogP contribution in [0.3, 0.4) is 0 Å². The Morgan fingerprint density at radius 2 is 1.82 bits per heavy atom. The first-order valence-electron chi connectivity index (χ1n) is 14.3. The molecule has 44 heavy (non-hydrogen) atoms. The van der Waals surface area contributed by atoms with Gasteiger partial charge in [0.2, 0.25) is 17.6 Å². The van der Waals surface area contributed by atoms with Crippen molar-refractivity contribution < 1.29 is 48.8 Å². The molecule has 3 amide bonds. The molecule has 1 heterocycles. The quantitative estimate of drug-likeness (QED) is 0.105. The molecule has 0 bridgehead atoms. The van der Waals surface area contributed by atoms with Crippen molar-refractivity contribution in [2.45, 2.75) is 44.2 Å². The normalized spacial score (nSPS) is 26.7. The summed E-state index contributed by atoms with van der Waals surface area (Å²) in [5, 5.41) is 52.9. The molecular weight excluding hydrogens is 581 g/mol. The Hall–Kier alpha value is -4.34. The average Bonchev–Trinajstić information content (AvgIpc) is 3.45. The van der Waals surface area contributed by atoms with Crippen LogP contribution in [-0.2, 0) is 25.6 Å². The number of carbonyl (C=O) groups excluding carboxylic acids is 5. The Kier molecular flexibility index (Phi) is 8.22. The number of allylic oxidation sites excluding steroid dienone is 1. The van der Waals surface area contributed by atoms with Gasteiger partial charge in [-0.15, -0.1) is 0 Å². The molecule has 0 aromatic heterocycles. The number of hydrogen-bond acceptors (Lipinski definition) is 11. The van der Waals surface area contributed by atoms with Crippen LogP contribution in [0.2, 0.25) is 0 Å². The maximum Gasteiger partial charge on any atom is 0.255 e. The van der Waals surface area contributed by atoms with Crippen LogP contribution in [0.5, 0.6) is 5.75 Å². The predicted molar refractivity (Wildman–Crippen MR) is 151 cm³/mol. The molecule has 4 atom stereocenters. The predicted octanol–water partition coefficient (Wildman–Crippen LogP) is -0.542. The van der Waals surface area contributed by atoms with Crippen molar-refractivity contribution in [2.75, 3.05) is 38.0 Å². The van der Waals surface area contributed by atoms with Crippen LogP contribution in [0.1, 0.15) is 42.1 Å². The van der Waals surface area contributed by atoms with Gasteiger partial charge >= 0.3 is 0 Å². The molecule has 1 aliphatic heterocycles. The molecule has 0 spiro atoms. The second-order valence-electron chi connectivity index (χ2n) is 11.6. The Morgan fingerprint density at radius 1 is 1.14 bits per heavy atom. The average molecular weight is 616 g/mol. The van der Waals surface area contributed by atoms with Gasteiger partial charge in [0.15, 0.2) is 17.1 Å². The minimum absolute atomic E-state index is 0.000357. The largest absolute Gasteiger partial charge is 0.510 e. The number of amides is 3. The zero-order valence-corrected chi connectivity index (χ0v) is 23.9. The van der Waals surface area contributed by atoms with E-state index in [1.807, 2.05) is 4.90 Å². The maximum absolute atomic E-state index is 15.5. The Labute approximate surface area is 250 Å². The molecule has 5 rings (SSSR count). The Morgan fingerprint density at radius 3 is 2.45 bits per heavy atom. The number of Topliss-reactive ketones (excluding diaryl/α,β-unsaturated/α-hetero) is 2. The van der Waals surface area contributed by atoms with E-state index in [1.54, 1.807) is 0 Å². The number of likely N-dealkylation sites (tertiary alicyclic amines) is 1. The van der Waals surface area contributed by atoms with Crippen molar-refractivity contribution in [1.82, 2.24) is 15.5 Å². The van der Waals surface area contributed by atoms with Crippen molar-refractivity contribution in [3.63, 3.8) is 0 Å². The molecule has 1 saturated heterocycles. The van der Waals surface area contributed by atoms with Crippen LogP contribution in [0.15, 0.2) is 28.7 Å². The third kappa shape index (κ3) is 5.10. The van der Waals surface area contributed by atoms with Crippen LogP contribution in [0.25, 0.3) is 0 Å². The van der Waals surface area contributed by atoms with Crippen molar-refractivity contribution in [2.24, 2.45) is 17.6 Å². The summed E-state index contributed by atoms with van der Waals surface area (Å²) in [6, 6.07) is -0.429. The molecule has 9 N–H and O–H groups in total. The second-order valence-corrected chi connectivity index (χ2v) is 11.6. The highest BCUT2D eigenvalue weighted by molar-refractivity contribution is 6.25. The highest BCUT2D eigenvalue weighted by atomic mass is 19.1. The van der Waals surface area contributed by atoms with Crippen molar-refractivity contribution in [3.8, 4) is 5.75 Å². The number of ketones is 2. The molecular formula is C29H34FN5O9. The lowest BCUT2D eigenvalue weighted by atomic mass is 9.58. The van der Waals surface area contributed by atoms with E-state index in [9.17, 15) is 44.4 Å². The van der Waals surface area contributed by atoms with Crippen LogP contribution in [0, 0.1) is 17.7 Å². The number of rotatable bonds is 8. The number of phenols is 1. The number of fused-ring (bicyclic) bond motifs is 3. The number of halogens is 1. The van der Waals surface area contributed by atoms with Gasteiger partial charge in [0.25, 0.3) is 5.91 Å². The van der Waals surface area contributed by atoms with E-state index in [0.717, 1.165) is 18.9 Å². The van der Waals surface area contributed by atoms with E-state index in [1.165, 1.54) is 6.92 Å². The zero-order valence-electron chi connectivity index (χ0n) is 23.9. The number of carbonyl (C=O) groups is 5. The van der Waals surface area contributed by atoms with Gasteiger partial charge in [0, 0.05) is 43.1 Å². The highest BCUT2D eigenvalue weighted by Crippen LogP contribution is 2.52. The number of primary amides is 1. The lowest BCUT2D eigenvalue weighted by Crippen LogP contribution is -2.64. The molecule has 15 heteroatoms. The number of anilines is 1. The lowest BCUT2D eigenvalue weighted by molar-refractivity contribution is -0.146. The molecule has 4 aliphatic rings. The fourth-order valence-corrected chi connectivity index (χ4v) is 6.83. The fourth-order valence-electron chi connectivity index (χ4n) is 6.83. The molecule has 0 unspecified atom stereocenters. The summed E-state index contributed by atoms with van der Waals surface area (Å²) >= 11 is 0. The molecule has 3 aliphatic carbocycles. The van der Waals surface area contributed by atoms with Gasteiger partial charge in [0.05, 0.1) is 23.8 Å². The van der Waals surface area contributed by atoms with Crippen molar-refractivity contribution >= 4 is 35.0 Å². The molecule has 0 saturated carbocycles. The standard InChI is InChI=1S/C29H34FN5O9/c1-12(36)32-4-5-33-22-15-9-13-8-14-16(30)10-17(34-18(37)11-35-6-2-3-7-35)23(38)20(14)24(39)19(13)26(41)29(15,44)27(42)21(25(22)40)28(31)43/h10,13,15,22,33,38,40-41,44H,2-9,11H2,1H3,(H2,31,43)(H,32,36)(H,34,37)/t13-,15-,22-,29-/m0/s1. The van der Waals surface area contributed by atoms with E-state index in [2.05, 4.69) is 16.0 Å². The first-order valence-corrected chi connectivity index (χ1v) is 14.3. The van der Waals surface area contributed by atoms with Gasteiger partial charge < -0.3 is 42.1 Å². The number of aliphatic hydroxyl groups excluding tert-OH is 2. The number of hydrogen-bond donors (Lipinski definition) is 8. The summed E-state index contributed by atoms with van der Waals surface area (Å²) in [5.74, 6) is -10.6. The van der Waals surface area contributed by atoms with Crippen LogP contribution in [-0.4, -0.2) is 99.0 Å². The molecule has 1 fully saturated rings. The molecule has 1 aromatic rings. The highest BCUT2D eigenvalue weighted by Gasteiger charge is 2.62. The van der Waals surface area contributed by atoms with Crippen molar-refractivity contribution in [3.05, 3.63) is 45.7 Å². The summed E-state index contributed by atoms with van der Waals surface area (Å²) in [6.07, 6.45) is 1.38. The van der Waals surface area contributed by atoms with E-state index in [-0.39, 0.29) is 49.6 Å². The second kappa shape index (κ2) is 11.6. The lowest BCUT2D eigenvalue weighted by Gasteiger charge is -2.48. The van der Waals surface area contributed by atoms with Gasteiger partial charge in [-0.2, -0.15) is 0 Å². The smallest absolute Gasteiger partial charge is 0.255 e. The number of nitrogens with zero attached hydrogens (tertiary/aromatic N) is 1. The summed E-state index contributed by atoms with van der Waals surface area (Å²) in [4.78, 5) is 65.2. The third-order valence-corrected chi connectivity index (χ3v) is 8.85. The van der Waals surface area contributed by atoms with E-state index in [0.29, 0.717) is 13.1 Å². The number of aliphatic hydroxyl groups is 3. The first kappa shape index (κ1) is 31.1. The number of nitrogens with one attached hydrogen (secondary N) is 3. The summed E-state index contributed by atoms with van der Waals surface area (Å²) < 4.78 is 15.5. The monoisotopic (exact) mass is 615 g/mol. The Balaban J connectivity index is 1.53. The molecule has 236 valence electrons. The maximum atomic E-state index is 15.5. The van der Waals surface area contributed by atoms with Gasteiger partial charge in [-0.05, 0) is 44.7 Å². The van der Waals surface area contributed by atoms with Gasteiger partial charge in [-0.3, -0.25) is 28.9 Å². The number of aromatic hydroxyl groups is 1. The van der Waals surface area contributed by atoms with E-state index in [4.69, 9.17) is 5.73 Å². The zero-order chi connectivity index (χ0) is 32.1. The van der Waals surface area contributed by atoms with Crippen molar-refractivity contribution in [1.29, 1.82) is 0 Å². The van der Waals surface area contributed by atoms with Crippen LogP contribution < -0.4 is 21.7 Å². The number of nitrogens with two attached hydrogens (primary N) is 1. The van der Waals surface area contributed by atoms with Crippen LogP contribution >= 0.6 is 0 Å². The van der Waals surface area contributed by atoms with E-state index < -0.39 is 86.7 Å². The Bertz CT molecular complexity index is 1530. The summed E-state index contributed by atoms with van der Waals surface area (Å²) in [6.45, 7) is 2.77. The van der Waals surface area contributed by atoms with Gasteiger partial charge in [0.1, 0.15) is 22.9 Å². The first-order chi connectivity index (χ1) is 20.8. The molecule has 0 radical (unpaired) electrons. The summed E-state index contributed by atoms with van der Waals surface area (Å²) in [5.41, 5.74) is -0.0775. The van der Waals surface area contributed by atoms with Gasteiger partial charge in [-0.25, -0.2) is 4.39 Å². The fraction of sp³-hybridized carbons (Fsp3) is 0.483. The van der Waals surface area contributed by atoms with Gasteiger partial charge in [-0.1, -0.05) is 0 Å². The minimum Gasteiger partial charge on any atom is -0.510 e. The topological polar surface area (TPSA) is 232 Å². The number of phenolic OH excluding ortho intramolecular Hbond substituents is 1. The third-order valence-electron chi connectivity index (χ3n) is 8.85.